The third-order valence-corrected chi connectivity index (χ3v) is 4.59. The molecule has 0 bridgehead atoms. The summed E-state index contributed by atoms with van der Waals surface area (Å²) in [5.74, 6) is 0.818. The largest absolute Gasteiger partial charge is 0.341 e. The van der Waals surface area contributed by atoms with Gasteiger partial charge >= 0.3 is 0 Å². The van der Waals surface area contributed by atoms with Crippen molar-refractivity contribution >= 4 is 11.9 Å². The number of nitriles is 1. The fraction of sp³-hybridized carbons (Fsp3) is 0.625. The van der Waals surface area contributed by atoms with Gasteiger partial charge in [-0.15, -0.1) is 0 Å². The molecule has 122 valence electrons. The summed E-state index contributed by atoms with van der Waals surface area (Å²) in [6.07, 6.45) is 7.18. The van der Waals surface area contributed by atoms with Crippen molar-refractivity contribution in [1.82, 2.24) is 20.2 Å². The Morgan fingerprint density at radius 1 is 1.26 bits per heavy atom. The molecule has 3 rings (SSSR count). The van der Waals surface area contributed by atoms with Crippen molar-refractivity contribution in [2.45, 2.75) is 37.8 Å². The highest BCUT2D eigenvalue weighted by Gasteiger charge is 2.29. The molecule has 1 aromatic rings. The van der Waals surface area contributed by atoms with Crippen molar-refractivity contribution in [1.29, 1.82) is 5.26 Å². The molecular formula is C16H22N6O. The number of carbonyl (C=O) groups excluding carboxylic acids is 1. The van der Waals surface area contributed by atoms with E-state index in [0.29, 0.717) is 19.1 Å². The Hall–Kier alpha value is -2.20. The van der Waals surface area contributed by atoms with Gasteiger partial charge < -0.3 is 15.1 Å². The average Bonchev–Trinajstić information content (AvgIpc) is 3.10. The van der Waals surface area contributed by atoms with Crippen LogP contribution in [0.3, 0.4) is 0 Å². The molecule has 1 N–H and O–H groups in total. The lowest BCUT2D eigenvalue weighted by Gasteiger charge is -2.32. The van der Waals surface area contributed by atoms with Gasteiger partial charge in [0.05, 0.1) is 12.6 Å². The van der Waals surface area contributed by atoms with Crippen LogP contribution in [0.25, 0.3) is 0 Å². The van der Waals surface area contributed by atoms with Crippen molar-refractivity contribution in [2.75, 3.05) is 31.1 Å². The van der Waals surface area contributed by atoms with E-state index in [0.717, 1.165) is 44.7 Å². The molecule has 7 nitrogen and oxygen atoms in total. The van der Waals surface area contributed by atoms with Gasteiger partial charge in [0.15, 0.2) is 0 Å². The number of piperidine rings is 1. The Balaban J connectivity index is 1.43. The van der Waals surface area contributed by atoms with Gasteiger partial charge in [-0.05, 0) is 31.7 Å². The highest BCUT2D eigenvalue weighted by molar-refractivity contribution is 5.79. The van der Waals surface area contributed by atoms with Crippen LogP contribution < -0.4 is 10.2 Å². The van der Waals surface area contributed by atoms with Crippen LogP contribution in [0.15, 0.2) is 18.5 Å². The van der Waals surface area contributed by atoms with Crippen molar-refractivity contribution in [2.24, 2.45) is 0 Å². The summed E-state index contributed by atoms with van der Waals surface area (Å²) in [7, 11) is 0. The summed E-state index contributed by atoms with van der Waals surface area (Å²) >= 11 is 0. The van der Waals surface area contributed by atoms with E-state index in [1.807, 2.05) is 6.07 Å². The number of amides is 1. The molecule has 0 radical (unpaired) electrons. The first-order chi connectivity index (χ1) is 11.3. The Labute approximate surface area is 136 Å². The van der Waals surface area contributed by atoms with Gasteiger partial charge in [0.25, 0.3) is 0 Å². The van der Waals surface area contributed by atoms with Crippen molar-refractivity contribution in [3.8, 4) is 6.07 Å². The van der Waals surface area contributed by atoms with Gasteiger partial charge in [-0.25, -0.2) is 9.97 Å². The van der Waals surface area contributed by atoms with Gasteiger partial charge in [-0.1, -0.05) is 0 Å². The average molecular weight is 314 g/mol. The summed E-state index contributed by atoms with van der Waals surface area (Å²) in [5, 5.41) is 12.4. The monoisotopic (exact) mass is 314 g/mol. The number of hydrogen-bond donors (Lipinski definition) is 1. The number of anilines is 1. The molecule has 1 unspecified atom stereocenters. The molecule has 1 aromatic heterocycles. The smallest absolute Gasteiger partial charge is 0.237 e. The highest BCUT2D eigenvalue weighted by atomic mass is 16.2. The molecule has 2 fully saturated rings. The molecular weight excluding hydrogens is 292 g/mol. The molecule has 1 amide bonds. The van der Waals surface area contributed by atoms with E-state index < -0.39 is 0 Å². The number of carbonyl (C=O) groups is 1. The van der Waals surface area contributed by atoms with Gasteiger partial charge in [0.1, 0.15) is 6.04 Å². The minimum Gasteiger partial charge on any atom is -0.341 e. The first-order valence-electron chi connectivity index (χ1n) is 8.22. The van der Waals surface area contributed by atoms with E-state index in [-0.39, 0.29) is 11.9 Å². The number of nitrogens with one attached hydrogen (secondary N) is 1. The second kappa shape index (κ2) is 7.38. The standard InChI is InChI=1S/C16H22N6O/c17-11-14-3-1-8-22(14)15(23)12-20-13-4-9-21(10-5-13)16-18-6-2-7-19-16/h2,6-7,13-14,20H,1,3-5,8-10,12H2. The Bertz CT molecular complexity index is 564. The van der Waals surface area contributed by atoms with Crippen LogP contribution in [0.2, 0.25) is 0 Å². The summed E-state index contributed by atoms with van der Waals surface area (Å²) in [5.41, 5.74) is 0. The Kier molecular flexibility index (Phi) is 5.03. The van der Waals surface area contributed by atoms with Crippen LogP contribution >= 0.6 is 0 Å². The second-order valence-electron chi connectivity index (χ2n) is 6.07. The number of nitrogens with zero attached hydrogens (tertiary/aromatic N) is 5. The van der Waals surface area contributed by atoms with Crippen LogP contribution in [0.4, 0.5) is 5.95 Å². The molecule has 0 aromatic carbocycles. The lowest BCUT2D eigenvalue weighted by atomic mass is 10.1. The van der Waals surface area contributed by atoms with E-state index in [4.69, 9.17) is 5.26 Å². The summed E-state index contributed by atoms with van der Waals surface area (Å²) < 4.78 is 0. The fourth-order valence-electron chi connectivity index (χ4n) is 3.27. The van der Waals surface area contributed by atoms with E-state index in [1.54, 1.807) is 17.3 Å². The topological polar surface area (TPSA) is 85.2 Å². The normalized spacial score (nSPS) is 22.1. The quantitative estimate of drug-likeness (QED) is 0.873. The van der Waals surface area contributed by atoms with E-state index in [1.165, 1.54) is 0 Å². The van der Waals surface area contributed by atoms with Crippen molar-refractivity contribution in [3.63, 3.8) is 0 Å². The van der Waals surface area contributed by atoms with Crippen LogP contribution in [0, 0.1) is 11.3 Å². The SMILES string of the molecule is N#CC1CCCN1C(=O)CNC1CCN(c2ncccn2)CC1. The Morgan fingerprint density at radius 2 is 2.00 bits per heavy atom. The maximum absolute atomic E-state index is 12.2. The van der Waals surface area contributed by atoms with Gasteiger partial charge in [-0.3, -0.25) is 4.79 Å². The third-order valence-electron chi connectivity index (χ3n) is 4.59. The molecule has 7 heteroatoms. The highest BCUT2D eigenvalue weighted by Crippen LogP contribution is 2.17. The molecule has 1 atom stereocenters. The third kappa shape index (κ3) is 3.77. The zero-order chi connectivity index (χ0) is 16.1. The molecule has 23 heavy (non-hydrogen) atoms. The summed E-state index contributed by atoms with van der Waals surface area (Å²) in [4.78, 5) is 24.7. The zero-order valence-corrected chi connectivity index (χ0v) is 13.2. The lowest BCUT2D eigenvalue weighted by molar-refractivity contribution is -0.130. The predicted octanol–water partition coefficient (Wildman–Crippen LogP) is 0.550. The van der Waals surface area contributed by atoms with Crippen LogP contribution in [0.5, 0.6) is 0 Å². The molecule has 2 saturated heterocycles. The minimum atomic E-state index is -0.235. The van der Waals surface area contributed by atoms with Crippen molar-refractivity contribution < 1.29 is 4.79 Å². The van der Waals surface area contributed by atoms with Crippen LogP contribution in [-0.2, 0) is 4.79 Å². The minimum absolute atomic E-state index is 0.0443. The number of hydrogen-bond acceptors (Lipinski definition) is 6. The van der Waals surface area contributed by atoms with E-state index in [9.17, 15) is 4.79 Å². The van der Waals surface area contributed by atoms with Gasteiger partial charge in [0.2, 0.25) is 11.9 Å². The van der Waals surface area contributed by atoms with E-state index in [2.05, 4.69) is 26.3 Å². The van der Waals surface area contributed by atoms with Crippen LogP contribution in [-0.4, -0.2) is 59.0 Å². The van der Waals surface area contributed by atoms with Gasteiger partial charge in [0, 0.05) is 38.1 Å². The Morgan fingerprint density at radius 3 is 2.70 bits per heavy atom. The summed E-state index contributed by atoms with van der Waals surface area (Å²) in [6, 6.07) is 4.13. The molecule has 0 saturated carbocycles. The number of rotatable bonds is 4. The number of aromatic nitrogens is 2. The lowest BCUT2D eigenvalue weighted by Crippen LogP contribution is -2.47. The molecule has 2 aliphatic heterocycles. The molecule has 0 aliphatic carbocycles. The summed E-state index contributed by atoms with van der Waals surface area (Å²) in [6.45, 7) is 2.81. The maximum atomic E-state index is 12.2. The molecule has 0 spiro atoms. The maximum Gasteiger partial charge on any atom is 0.237 e. The number of likely N-dealkylation sites (tertiary alicyclic amines) is 1. The van der Waals surface area contributed by atoms with Crippen LogP contribution in [0.1, 0.15) is 25.7 Å². The molecule has 2 aliphatic rings. The first-order valence-corrected chi connectivity index (χ1v) is 8.22. The molecule has 3 heterocycles. The zero-order valence-electron chi connectivity index (χ0n) is 13.2. The first kappa shape index (κ1) is 15.7. The van der Waals surface area contributed by atoms with E-state index >= 15 is 0 Å². The van der Waals surface area contributed by atoms with Crippen molar-refractivity contribution in [3.05, 3.63) is 18.5 Å². The fourth-order valence-corrected chi connectivity index (χ4v) is 3.27. The van der Waals surface area contributed by atoms with Gasteiger partial charge in [-0.2, -0.15) is 5.26 Å². The predicted molar refractivity (Wildman–Crippen MR) is 85.6 cm³/mol. The second-order valence-corrected chi connectivity index (χ2v) is 6.07.